The van der Waals surface area contributed by atoms with Crippen LogP contribution in [0.3, 0.4) is 0 Å². The minimum Gasteiger partial charge on any atom is -0.441 e. The van der Waals surface area contributed by atoms with Crippen LogP contribution in [0.5, 0.6) is 0 Å². The highest BCUT2D eigenvalue weighted by Gasteiger charge is 2.16. The van der Waals surface area contributed by atoms with E-state index in [4.69, 9.17) is 16.0 Å². The molecule has 2 aromatic carbocycles. The smallest absolute Gasteiger partial charge is 0.276 e. The number of rotatable bonds is 4. The third-order valence-corrected chi connectivity index (χ3v) is 5.82. The molecule has 0 spiro atoms. The molecule has 0 radical (unpaired) electrons. The Morgan fingerprint density at radius 2 is 1.78 bits per heavy atom. The number of benzene rings is 2. The predicted octanol–water partition coefficient (Wildman–Crippen LogP) is 5.44. The first-order valence-corrected chi connectivity index (χ1v) is 10.7. The molecule has 0 aliphatic carbocycles. The highest BCUT2D eigenvalue weighted by Crippen LogP contribution is 2.26. The molecule has 0 amide bonds. The Balaban J connectivity index is 1.49. The standard InChI is InChI=1S/C25H21ClN4O2/c1-15-4-9-20(16(2)12-15)24-27-22(17(3)32-24)14-29-10-11-30-23(25(29)31)13-21(28-30)18-5-7-19(26)8-6-18/h4-13H,14H2,1-3H3. The molecule has 0 unspecified atom stereocenters. The monoisotopic (exact) mass is 444 g/mol. The van der Waals surface area contributed by atoms with Gasteiger partial charge in [0.1, 0.15) is 17.0 Å². The molecule has 6 nitrogen and oxygen atoms in total. The average Bonchev–Trinajstić information content (AvgIpc) is 3.35. The first kappa shape index (κ1) is 20.3. The summed E-state index contributed by atoms with van der Waals surface area (Å²) in [6.45, 7) is 6.28. The summed E-state index contributed by atoms with van der Waals surface area (Å²) < 4.78 is 9.16. The first-order valence-electron chi connectivity index (χ1n) is 10.3. The largest absolute Gasteiger partial charge is 0.441 e. The molecule has 3 heterocycles. The summed E-state index contributed by atoms with van der Waals surface area (Å²) in [5.41, 5.74) is 5.93. The molecule has 0 N–H and O–H groups in total. The molecule has 160 valence electrons. The van der Waals surface area contributed by atoms with Crippen LogP contribution in [0.2, 0.25) is 5.02 Å². The van der Waals surface area contributed by atoms with Crippen molar-refractivity contribution in [3.05, 3.63) is 98.9 Å². The van der Waals surface area contributed by atoms with Crippen molar-refractivity contribution in [1.82, 2.24) is 19.2 Å². The van der Waals surface area contributed by atoms with Gasteiger partial charge < -0.3 is 8.98 Å². The normalized spacial score (nSPS) is 11.4. The second-order valence-electron chi connectivity index (χ2n) is 7.94. The number of halogens is 1. The van der Waals surface area contributed by atoms with Crippen LogP contribution in [0.4, 0.5) is 0 Å². The Morgan fingerprint density at radius 1 is 1.00 bits per heavy atom. The average molecular weight is 445 g/mol. The van der Waals surface area contributed by atoms with Gasteiger partial charge in [0.15, 0.2) is 0 Å². The van der Waals surface area contributed by atoms with E-state index in [0.717, 1.165) is 22.4 Å². The van der Waals surface area contributed by atoms with E-state index in [1.165, 1.54) is 5.56 Å². The van der Waals surface area contributed by atoms with Crippen LogP contribution >= 0.6 is 11.6 Å². The van der Waals surface area contributed by atoms with Crippen LogP contribution in [0.1, 0.15) is 22.6 Å². The lowest BCUT2D eigenvalue weighted by Gasteiger charge is -2.04. The van der Waals surface area contributed by atoms with Crippen molar-refractivity contribution in [2.24, 2.45) is 0 Å². The second kappa shape index (κ2) is 7.80. The molecular formula is C25H21ClN4O2. The lowest BCUT2D eigenvalue weighted by molar-refractivity contribution is 0.537. The second-order valence-corrected chi connectivity index (χ2v) is 8.37. The summed E-state index contributed by atoms with van der Waals surface area (Å²) in [6.07, 6.45) is 3.50. The molecule has 0 fully saturated rings. The zero-order valence-electron chi connectivity index (χ0n) is 18.0. The van der Waals surface area contributed by atoms with Gasteiger partial charge in [-0.25, -0.2) is 9.50 Å². The van der Waals surface area contributed by atoms with Gasteiger partial charge in [0, 0.05) is 28.5 Å². The highest BCUT2D eigenvalue weighted by molar-refractivity contribution is 6.30. The van der Waals surface area contributed by atoms with Crippen LogP contribution in [0, 0.1) is 20.8 Å². The van der Waals surface area contributed by atoms with E-state index < -0.39 is 0 Å². The lowest BCUT2D eigenvalue weighted by atomic mass is 10.1. The highest BCUT2D eigenvalue weighted by atomic mass is 35.5. The molecule has 3 aromatic heterocycles. The van der Waals surface area contributed by atoms with Crippen molar-refractivity contribution in [3.63, 3.8) is 0 Å². The third-order valence-electron chi connectivity index (χ3n) is 5.57. The van der Waals surface area contributed by atoms with Crippen molar-refractivity contribution in [2.45, 2.75) is 27.3 Å². The Morgan fingerprint density at radius 3 is 2.53 bits per heavy atom. The van der Waals surface area contributed by atoms with Crippen LogP contribution in [-0.2, 0) is 6.54 Å². The Hall–Kier alpha value is -3.64. The van der Waals surface area contributed by atoms with Gasteiger partial charge in [0.2, 0.25) is 5.89 Å². The van der Waals surface area contributed by atoms with Crippen LogP contribution in [-0.4, -0.2) is 19.2 Å². The summed E-state index contributed by atoms with van der Waals surface area (Å²) in [4.78, 5) is 17.8. The van der Waals surface area contributed by atoms with Gasteiger partial charge in [-0.1, -0.05) is 41.4 Å². The van der Waals surface area contributed by atoms with E-state index in [-0.39, 0.29) is 5.56 Å². The Bertz CT molecular complexity index is 1510. The van der Waals surface area contributed by atoms with E-state index in [1.54, 1.807) is 39.7 Å². The van der Waals surface area contributed by atoms with Crippen molar-refractivity contribution >= 4 is 17.1 Å². The van der Waals surface area contributed by atoms with Gasteiger partial charge in [0.25, 0.3) is 5.56 Å². The summed E-state index contributed by atoms with van der Waals surface area (Å²) in [5, 5.41) is 5.18. The van der Waals surface area contributed by atoms with Crippen LogP contribution in [0.25, 0.3) is 28.2 Å². The fourth-order valence-corrected chi connectivity index (χ4v) is 3.94. The minimum absolute atomic E-state index is 0.143. The molecule has 0 bridgehead atoms. The zero-order valence-corrected chi connectivity index (χ0v) is 18.7. The number of hydrogen-bond acceptors (Lipinski definition) is 4. The number of aromatic nitrogens is 4. The molecule has 5 rings (SSSR count). The van der Waals surface area contributed by atoms with Crippen molar-refractivity contribution in [2.75, 3.05) is 0 Å². The summed E-state index contributed by atoms with van der Waals surface area (Å²) >= 11 is 5.98. The maximum Gasteiger partial charge on any atom is 0.276 e. The zero-order chi connectivity index (χ0) is 22.4. The minimum atomic E-state index is -0.143. The van der Waals surface area contributed by atoms with Crippen molar-refractivity contribution in [3.8, 4) is 22.7 Å². The third kappa shape index (κ3) is 3.63. The lowest BCUT2D eigenvalue weighted by Crippen LogP contribution is -2.22. The van der Waals surface area contributed by atoms with Gasteiger partial charge in [-0.3, -0.25) is 4.79 Å². The first-order chi connectivity index (χ1) is 15.4. The topological polar surface area (TPSA) is 65.3 Å². The fraction of sp³-hybridized carbons (Fsp3) is 0.160. The summed E-state index contributed by atoms with van der Waals surface area (Å²) in [5.74, 6) is 1.26. The molecule has 32 heavy (non-hydrogen) atoms. The number of fused-ring (bicyclic) bond motifs is 1. The number of nitrogens with zero attached hydrogens (tertiary/aromatic N) is 4. The quantitative estimate of drug-likeness (QED) is 0.370. The van der Waals surface area contributed by atoms with Gasteiger partial charge in [-0.05, 0) is 50.6 Å². The predicted molar refractivity (Wildman–Crippen MR) is 125 cm³/mol. The molecule has 7 heteroatoms. The molecule has 0 atom stereocenters. The van der Waals surface area contributed by atoms with Crippen LogP contribution < -0.4 is 5.56 Å². The number of aryl methyl sites for hydroxylation is 3. The van der Waals surface area contributed by atoms with E-state index in [2.05, 4.69) is 23.1 Å². The van der Waals surface area contributed by atoms with Gasteiger partial charge in [-0.15, -0.1) is 0 Å². The molecule has 0 aliphatic rings. The van der Waals surface area contributed by atoms with Gasteiger partial charge in [0.05, 0.1) is 12.2 Å². The molecule has 0 saturated heterocycles. The summed E-state index contributed by atoms with van der Waals surface area (Å²) in [7, 11) is 0. The van der Waals surface area contributed by atoms with E-state index in [9.17, 15) is 4.79 Å². The Labute approximate surface area is 189 Å². The van der Waals surface area contributed by atoms with E-state index in [1.807, 2.05) is 38.1 Å². The van der Waals surface area contributed by atoms with Crippen molar-refractivity contribution < 1.29 is 4.42 Å². The summed E-state index contributed by atoms with van der Waals surface area (Å²) in [6, 6.07) is 15.3. The van der Waals surface area contributed by atoms with Gasteiger partial charge in [-0.2, -0.15) is 5.10 Å². The molecule has 0 aliphatic heterocycles. The maximum absolute atomic E-state index is 13.1. The van der Waals surface area contributed by atoms with Crippen molar-refractivity contribution in [1.29, 1.82) is 0 Å². The van der Waals surface area contributed by atoms with E-state index >= 15 is 0 Å². The number of oxazole rings is 1. The maximum atomic E-state index is 13.1. The van der Waals surface area contributed by atoms with Crippen LogP contribution in [0.15, 0.2) is 70.1 Å². The van der Waals surface area contributed by atoms with E-state index in [0.29, 0.717) is 34.4 Å². The Kier molecular flexibility index (Phi) is 4.94. The molecular weight excluding hydrogens is 424 g/mol. The van der Waals surface area contributed by atoms with Gasteiger partial charge >= 0.3 is 0 Å². The number of hydrogen-bond donors (Lipinski definition) is 0. The fourth-order valence-electron chi connectivity index (χ4n) is 3.82. The SMILES string of the molecule is Cc1ccc(-c2nc(Cn3ccn4nc(-c5ccc(Cl)cc5)cc4c3=O)c(C)o2)c(C)c1. The molecule has 0 saturated carbocycles. The molecule has 5 aromatic rings.